The van der Waals surface area contributed by atoms with Crippen LogP contribution in [0.3, 0.4) is 0 Å². The quantitative estimate of drug-likeness (QED) is 0.499. The van der Waals surface area contributed by atoms with E-state index in [2.05, 4.69) is 41.3 Å². The number of fused-ring (bicyclic) bond motifs is 2. The van der Waals surface area contributed by atoms with Gasteiger partial charge in [-0.1, -0.05) is 0 Å². The van der Waals surface area contributed by atoms with E-state index in [-0.39, 0.29) is 6.04 Å². The molecule has 2 N–H and O–H groups in total. The maximum Gasteiger partial charge on any atom is 0.241 e. The van der Waals surface area contributed by atoms with Crippen LogP contribution in [0.4, 0.5) is 10.3 Å². The molecule has 0 saturated heterocycles. The number of nitrogens with one attached hydrogen (secondary N) is 2. The lowest BCUT2D eigenvalue weighted by Gasteiger charge is -2.40. The van der Waals surface area contributed by atoms with Gasteiger partial charge < -0.3 is 15.2 Å². The first-order valence-electron chi connectivity index (χ1n) is 11.2. The Morgan fingerprint density at radius 1 is 1.12 bits per heavy atom. The van der Waals surface area contributed by atoms with Gasteiger partial charge >= 0.3 is 0 Å². The summed E-state index contributed by atoms with van der Waals surface area (Å²) in [4.78, 5) is 13.7. The van der Waals surface area contributed by atoms with Crippen LogP contribution in [0.5, 0.6) is 0 Å². The number of anilines is 1. The summed E-state index contributed by atoms with van der Waals surface area (Å²) in [6, 6.07) is 5.25. The van der Waals surface area contributed by atoms with E-state index in [1.165, 1.54) is 0 Å². The summed E-state index contributed by atoms with van der Waals surface area (Å²) in [5.74, 6) is 1.52. The lowest BCUT2D eigenvalue weighted by Crippen LogP contribution is -2.46. The van der Waals surface area contributed by atoms with Crippen molar-refractivity contribution in [2.75, 3.05) is 12.4 Å². The molecule has 2 aliphatic rings. The lowest BCUT2D eigenvalue weighted by atomic mass is 9.78. The minimum Gasteiger partial charge on any atom is -0.350 e. The highest BCUT2D eigenvalue weighted by atomic mass is 19.1. The van der Waals surface area contributed by atoms with Crippen molar-refractivity contribution in [2.24, 2.45) is 0 Å². The van der Waals surface area contributed by atoms with Crippen LogP contribution in [0.15, 0.2) is 30.7 Å². The number of rotatable bonds is 5. The fraction of sp³-hybridized carbons (Fsp3) is 0.478. The normalized spacial score (nSPS) is 27.4. The molecule has 0 aromatic carbocycles. The second-order valence-electron chi connectivity index (χ2n) is 9.51. The third-order valence-electron chi connectivity index (χ3n) is 7.02. The Kier molecular flexibility index (Phi) is 4.27. The molecule has 4 aromatic heterocycles. The third-order valence-corrected chi connectivity index (χ3v) is 7.02. The van der Waals surface area contributed by atoms with Crippen LogP contribution < -0.4 is 10.6 Å². The van der Waals surface area contributed by atoms with Gasteiger partial charge in [-0.25, -0.2) is 23.9 Å². The molecule has 0 unspecified atom stereocenters. The van der Waals surface area contributed by atoms with Crippen LogP contribution in [0.1, 0.15) is 44.5 Å². The van der Waals surface area contributed by atoms with Crippen LogP contribution in [0, 0.1) is 6.92 Å². The maximum absolute atomic E-state index is 14.2. The summed E-state index contributed by atoms with van der Waals surface area (Å²) in [6.07, 6.45) is 8.82. The zero-order valence-corrected chi connectivity index (χ0v) is 18.5. The van der Waals surface area contributed by atoms with Gasteiger partial charge in [-0.05, 0) is 45.9 Å². The molecule has 2 fully saturated rings. The van der Waals surface area contributed by atoms with Crippen molar-refractivity contribution in [3.05, 3.63) is 36.5 Å². The van der Waals surface area contributed by atoms with Crippen molar-refractivity contribution in [1.29, 1.82) is 0 Å². The number of imidazole rings is 1. The first kappa shape index (κ1) is 19.6. The Morgan fingerprint density at radius 2 is 1.94 bits per heavy atom. The minimum absolute atomic E-state index is 0.129. The zero-order valence-electron chi connectivity index (χ0n) is 18.5. The SMILES string of the molecule is CN[C@H]1C[C@@H](Nc2ncc3c(-c4cnc5nc(C)n(C6CC(C)(F)C6)c5c4)ccn3n2)C1. The molecule has 9 heteroatoms. The summed E-state index contributed by atoms with van der Waals surface area (Å²) in [7, 11) is 2.00. The van der Waals surface area contributed by atoms with Gasteiger partial charge in [0.2, 0.25) is 5.95 Å². The van der Waals surface area contributed by atoms with Gasteiger partial charge in [-0.15, -0.1) is 5.10 Å². The van der Waals surface area contributed by atoms with E-state index in [0.717, 1.165) is 40.8 Å². The summed E-state index contributed by atoms with van der Waals surface area (Å²) in [5.41, 5.74) is 3.46. The maximum atomic E-state index is 14.2. The molecule has 2 saturated carbocycles. The van der Waals surface area contributed by atoms with Crippen LogP contribution in [-0.2, 0) is 0 Å². The number of hydrogen-bond acceptors (Lipinski definition) is 6. The molecular formula is C23H27FN8. The Hall–Kier alpha value is -3.07. The van der Waals surface area contributed by atoms with E-state index >= 15 is 0 Å². The van der Waals surface area contributed by atoms with Crippen LogP contribution >= 0.6 is 0 Å². The first-order chi connectivity index (χ1) is 15.4. The number of aromatic nitrogens is 6. The number of aryl methyl sites for hydroxylation is 1. The fourth-order valence-electron chi connectivity index (χ4n) is 5.17. The largest absolute Gasteiger partial charge is 0.350 e. The number of pyridine rings is 1. The molecule has 0 amide bonds. The molecule has 0 bridgehead atoms. The highest BCUT2D eigenvalue weighted by Crippen LogP contribution is 2.45. The lowest BCUT2D eigenvalue weighted by molar-refractivity contribution is 0.0330. The highest BCUT2D eigenvalue weighted by molar-refractivity contribution is 5.85. The number of halogens is 1. The summed E-state index contributed by atoms with van der Waals surface area (Å²) in [6.45, 7) is 3.63. The van der Waals surface area contributed by atoms with Crippen molar-refractivity contribution < 1.29 is 4.39 Å². The Morgan fingerprint density at radius 3 is 2.69 bits per heavy atom. The Balaban J connectivity index is 1.32. The molecule has 0 radical (unpaired) electrons. The monoisotopic (exact) mass is 434 g/mol. The average molecular weight is 435 g/mol. The molecule has 0 aliphatic heterocycles. The molecule has 6 rings (SSSR count). The van der Waals surface area contributed by atoms with Crippen LogP contribution in [0.2, 0.25) is 0 Å². The van der Waals surface area contributed by atoms with Crippen molar-refractivity contribution >= 4 is 22.6 Å². The molecule has 32 heavy (non-hydrogen) atoms. The fourth-order valence-corrected chi connectivity index (χ4v) is 5.17. The van der Waals surface area contributed by atoms with Gasteiger partial charge in [0.1, 0.15) is 11.5 Å². The van der Waals surface area contributed by atoms with E-state index < -0.39 is 5.67 Å². The van der Waals surface area contributed by atoms with Gasteiger partial charge in [0.15, 0.2) is 5.65 Å². The minimum atomic E-state index is -1.09. The topological polar surface area (TPSA) is 85.0 Å². The molecule has 166 valence electrons. The van der Waals surface area contributed by atoms with Crippen molar-refractivity contribution in [2.45, 2.75) is 63.3 Å². The molecule has 0 atom stereocenters. The second-order valence-corrected chi connectivity index (χ2v) is 9.51. The van der Waals surface area contributed by atoms with E-state index in [0.29, 0.717) is 36.5 Å². The van der Waals surface area contributed by atoms with E-state index in [4.69, 9.17) is 0 Å². The van der Waals surface area contributed by atoms with Crippen molar-refractivity contribution in [3.8, 4) is 11.1 Å². The predicted molar refractivity (Wildman–Crippen MR) is 122 cm³/mol. The van der Waals surface area contributed by atoms with Gasteiger partial charge in [0.25, 0.3) is 0 Å². The van der Waals surface area contributed by atoms with E-state index in [1.54, 1.807) is 6.92 Å². The predicted octanol–water partition coefficient (Wildman–Crippen LogP) is 3.67. The standard InChI is InChI=1S/C23H27FN8/c1-13-28-21-19(32(13)17-9-23(2,24)10-17)6-14(11-26-21)18-4-5-31-20(18)12-27-22(30-31)29-16-7-15(8-16)25-3/h4-6,11-12,15-17,25H,7-10H2,1-3H3,(H,29,30)/t15-,16+,17?,23?. The van der Waals surface area contributed by atoms with Crippen LogP contribution in [-0.4, -0.2) is 53.9 Å². The average Bonchev–Trinajstić information content (AvgIpc) is 3.27. The zero-order chi connectivity index (χ0) is 22.0. The summed E-state index contributed by atoms with van der Waals surface area (Å²) >= 11 is 0. The molecule has 4 heterocycles. The van der Waals surface area contributed by atoms with Gasteiger partial charge in [0.05, 0.1) is 17.2 Å². The summed E-state index contributed by atoms with van der Waals surface area (Å²) < 4.78 is 18.1. The highest BCUT2D eigenvalue weighted by Gasteiger charge is 2.42. The number of hydrogen-bond donors (Lipinski definition) is 2. The molecule has 2 aliphatic carbocycles. The first-order valence-corrected chi connectivity index (χ1v) is 11.2. The molecular weight excluding hydrogens is 407 g/mol. The Labute approximate surface area is 185 Å². The Bertz CT molecular complexity index is 1310. The molecule has 8 nitrogen and oxygen atoms in total. The summed E-state index contributed by atoms with van der Waals surface area (Å²) in [5, 5.41) is 11.3. The van der Waals surface area contributed by atoms with Gasteiger partial charge in [0, 0.05) is 54.5 Å². The smallest absolute Gasteiger partial charge is 0.241 e. The van der Waals surface area contributed by atoms with E-state index in [1.807, 2.05) is 43.1 Å². The van der Waals surface area contributed by atoms with E-state index in [9.17, 15) is 4.39 Å². The van der Waals surface area contributed by atoms with Crippen LogP contribution in [0.25, 0.3) is 27.8 Å². The molecule has 0 spiro atoms. The number of nitrogens with zero attached hydrogens (tertiary/aromatic N) is 6. The number of alkyl halides is 1. The molecule has 4 aromatic rings. The second kappa shape index (κ2) is 6.96. The van der Waals surface area contributed by atoms with Gasteiger partial charge in [-0.2, -0.15) is 0 Å². The van der Waals surface area contributed by atoms with Crippen molar-refractivity contribution in [1.82, 2.24) is 34.4 Å². The van der Waals surface area contributed by atoms with Gasteiger partial charge in [-0.3, -0.25) is 0 Å². The van der Waals surface area contributed by atoms with Crippen molar-refractivity contribution in [3.63, 3.8) is 0 Å². The third kappa shape index (κ3) is 3.14.